The summed E-state index contributed by atoms with van der Waals surface area (Å²) in [6, 6.07) is 18.3. The first kappa shape index (κ1) is 21.0. The number of rotatable bonds is 6. The number of carbonyl (C=O) groups excluding carboxylic acids is 1. The third-order valence-corrected chi connectivity index (χ3v) is 5.66. The Labute approximate surface area is 188 Å². The molecule has 0 unspecified atom stereocenters. The number of hydrogen-bond acceptors (Lipinski definition) is 6. The fourth-order valence-electron chi connectivity index (χ4n) is 2.83. The van der Waals surface area contributed by atoms with Crippen LogP contribution in [0.25, 0.3) is 6.08 Å². The molecule has 1 amide bonds. The molecule has 3 aromatic rings. The molecule has 1 aliphatic rings. The standard InChI is InChI=1S/C23H18ClN3O3S/c1-29-19-10-6-16(7-11-19)13-21-22(28)27(15-20-3-2-12-30-20)23(31-21)26-25-14-17-4-8-18(24)9-5-17/h2-14H,15H2,1H3/b21-13-,25-14+,26-23-. The van der Waals surface area contributed by atoms with E-state index in [0.29, 0.717) is 20.9 Å². The summed E-state index contributed by atoms with van der Waals surface area (Å²) in [5.41, 5.74) is 1.75. The van der Waals surface area contributed by atoms with Crippen LogP contribution < -0.4 is 4.74 Å². The minimum absolute atomic E-state index is 0.155. The normalized spacial score (nSPS) is 16.7. The van der Waals surface area contributed by atoms with Crippen LogP contribution in [0.1, 0.15) is 16.9 Å². The van der Waals surface area contributed by atoms with Crippen molar-refractivity contribution in [2.75, 3.05) is 7.11 Å². The Kier molecular flexibility index (Phi) is 6.54. The van der Waals surface area contributed by atoms with Crippen molar-refractivity contribution in [3.63, 3.8) is 0 Å². The lowest BCUT2D eigenvalue weighted by Crippen LogP contribution is -2.28. The first-order valence-electron chi connectivity index (χ1n) is 9.37. The van der Waals surface area contributed by atoms with Crippen LogP contribution in [0.2, 0.25) is 5.02 Å². The molecule has 0 N–H and O–H groups in total. The van der Waals surface area contributed by atoms with Crippen LogP contribution in [0.3, 0.4) is 0 Å². The number of halogens is 1. The van der Waals surface area contributed by atoms with Crippen LogP contribution >= 0.6 is 23.4 Å². The zero-order chi connectivity index (χ0) is 21.6. The molecule has 0 saturated carbocycles. The van der Waals surface area contributed by atoms with Crippen LogP contribution in [0, 0.1) is 0 Å². The van der Waals surface area contributed by atoms with Gasteiger partial charge in [-0.3, -0.25) is 9.69 Å². The predicted octanol–water partition coefficient (Wildman–Crippen LogP) is 5.45. The number of hydrogen-bond donors (Lipinski definition) is 0. The van der Waals surface area contributed by atoms with Gasteiger partial charge in [-0.15, -0.1) is 5.10 Å². The monoisotopic (exact) mass is 451 g/mol. The lowest BCUT2D eigenvalue weighted by molar-refractivity contribution is -0.122. The van der Waals surface area contributed by atoms with Gasteiger partial charge >= 0.3 is 0 Å². The van der Waals surface area contributed by atoms with Crippen LogP contribution in [-0.4, -0.2) is 29.3 Å². The Morgan fingerprint density at radius 3 is 2.52 bits per heavy atom. The van der Waals surface area contributed by atoms with E-state index < -0.39 is 0 Å². The molecule has 0 spiro atoms. The van der Waals surface area contributed by atoms with Crippen molar-refractivity contribution in [1.29, 1.82) is 0 Å². The highest BCUT2D eigenvalue weighted by atomic mass is 35.5. The van der Waals surface area contributed by atoms with Gasteiger partial charge in [-0.2, -0.15) is 5.10 Å². The molecule has 2 aromatic carbocycles. The summed E-state index contributed by atoms with van der Waals surface area (Å²) in [7, 11) is 1.61. The van der Waals surface area contributed by atoms with Crippen molar-refractivity contribution in [2.45, 2.75) is 6.54 Å². The number of furan rings is 1. The molecule has 0 atom stereocenters. The topological polar surface area (TPSA) is 67.4 Å². The number of benzene rings is 2. The molecule has 8 heteroatoms. The molecule has 0 bridgehead atoms. The van der Waals surface area contributed by atoms with E-state index in [0.717, 1.165) is 16.9 Å². The Bertz CT molecular complexity index is 1140. The average molecular weight is 452 g/mol. The zero-order valence-electron chi connectivity index (χ0n) is 16.6. The molecule has 156 valence electrons. The van der Waals surface area contributed by atoms with Crippen LogP contribution in [0.4, 0.5) is 0 Å². The van der Waals surface area contributed by atoms with Gasteiger partial charge in [-0.05, 0) is 65.4 Å². The summed E-state index contributed by atoms with van der Waals surface area (Å²) < 4.78 is 10.6. The van der Waals surface area contributed by atoms with Crippen molar-refractivity contribution in [3.05, 3.63) is 93.7 Å². The van der Waals surface area contributed by atoms with E-state index in [9.17, 15) is 4.79 Å². The number of amidine groups is 1. The smallest absolute Gasteiger partial charge is 0.267 e. The summed E-state index contributed by atoms with van der Waals surface area (Å²) in [4.78, 5) is 15.2. The van der Waals surface area contributed by atoms with Gasteiger partial charge in [0.05, 0.1) is 31.0 Å². The second kappa shape index (κ2) is 9.68. The van der Waals surface area contributed by atoms with Gasteiger partial charge in [0, 0.05) is 5.02 Å². The Balaban J connectivity index is 1.59. The minimum atomic E-state index is -0.155. The molecule has 31 heavy (non-hydrogen) atoms. The van der Waals surface area contributed by atoms with Gasteiger partial charge < -0.3 is 9.15 Å². The van der Waals surface area contributed by atoms with E-state index in [2.05, 4.69) is 10.2 Å². The molecule has 1 aliphatic heterocycles. The largest absolute Gasteiger partial charge is 0.497 e. The molecule has 1 aromatic heterocycles. The van der Waals surface area contributed by atoms with E-state index >= 15 is 0 Å². The average Bonchev–Trinajstić information content (AvgIpc) is 3.40. The highest BCUT2D eigenvalue weighted by Gasteiger charge is 2.34. The van der Waals surface area contributed by atoms with Gasteiger partial charge in [0.2, 0.25) is 0 Å². The van der Waals surface area contributed by atoms with Crippen molar-refractivity contribution in [2.24, 2.45) is 10.2 Å². The lowest BCUT2D eigenvalue weighted by atomic mass is 10.2. The Hall–Kier alpha value is -3.29. The van der Waals surface area contributed by atoms with E-state index in [-0.39, 0.29) is 12.5 Å². The highest BCUT2D eigenvalue weighted by Crippen LogP contribution is 2.34. The third-order valence-electron chi connectivity index (χ3n) is 4.42. The molecule has 4 rings (SSSR count). The number of thioether (sulfide) groups is 1. The molecular formula is C23H18ClN3O3S. The van der Waals surface area contributed by atoms with Gasteiger partial charge in [-0.25, -0.2) is 0 Å². The summed E-state index contributed by atoms with van der Waals surface area (Å²) in [5, 5.41) is 9.58. The first-order valence-corrected chi connectivity index (χ1v) is 10.6. The SMILES string of the molecule is COc1ccc(/C=C2\S/C(=N\N=C\c3ccc(Cl)cc3)N(Cc3ccco3)C2=O)cc1. The van der Waals surface area contributed by atoms with Gasteiger partial charge in [-0.1, -0.05) is 35.9 Å². The van der Waals surface area contributed by atoms with Gasteiger partial charge in [0.1, 0.15) is 11.5 Å². The van der Waals surface area contributed by atoms with Crippen molar-refractivity contribution in [1.82, 2.24) is 4.90 Å². The highest BCUT2D eigenvalue weighted by molar-refractivity contribution is 8.18. The van der Waals surface area contributed by atoms with Gasteiger partial charge in [0.15, 0.2) is 5.17 Å². The molecule has 2 heterocycles. The Morgan fingerprint density at radius 2 is 1.84 bits per heavy atom. The molecule has 0 aliphatic carbocycles. The predicted molar refractivity (Wildman–Crippen MR) is 124 cm³/mol. The molecule has 6 nitrogen and oxygen atoms in total. The Morgan fingerprint density at radius 1 is 1.10 bits per heavy atom. The second-order valence-electron chi connectivity index (χ2n) is 6.53. The minimum Gasteiger partial charge on any atom is -0.497 e. The number of carbonyl (C=O) groups is 1. The van der Waals surface area contributed by atoms with E-state index in [1.165, 1.54) is 11.8 Å². The van der Waals surface area contributed by atoms with Crippen molar-refractivity contribution in [3.8, 4) is 5.75 Å². The fraction of sp³-hybridized carbons (Fsp3) is 0.0870. The second-order valence-corrected chi connectivity index (χ2v) is 7.98. The van der Waals surface area contributed by atoms with E-state index in [1.807, 2.05) is 48.5 Å². The van der Waals surface area contributed by atoms with E-state index in [4.69, 9.17) is 20.8 Å². The maximum Gasteiger partial charge on any atom is 0.267 e. The maximum atomic E-state index is 13.1. The third kappa shape index (κ3) is 5.25. The van der Waals surface area contributed by atoms with Crippen molar-refractivity contribution >= 4 is 46.7 Å². The lowest BCUT2D eigenvalue weighted by Gasteiger charge is -2.12. The van der Waals surface area contributed by atoms with Crippen LogP contribution in [0.15, 0.2) is 86.5 Å². The molecule has 1 saturated heterocycles. The number of nitrogens with zero attached hydrogens (tertiary/aromatic N) is 3. The molecule has 1 fully saturated rings. The summed E-state index contributed by atoms with van der Waals surface area (Å²) in [6.45, 7) is 0.272. The number of ether oxygens (including phenoxy) is 1. The number of methoxy groups -OCH3 is 1. The van der Waals surface area contributed by atoms with Gasteiger partial charge in [0.25, 0.3) is 5.91 Å². The quantitative estimate of drug-likeness (QED) is 0.284. The summed E-state index contributed by atoms with van der Waals surface area (Å²) in [5.74, 6) is 1.26. The molecule has 0 radical (unpaired) electrons. The zero-order valence-corrected chi connectivity index (χ0v) is 18.1. The maximum absolute atomic E-state index is 13.1. The summed E-state index contributed by atoms with van der Waals surface area (Å²) >= 11 is 7.18. The first-order chi connectivity index (χ1) is 15.1. The van der Waals surface area contributed by atoms with Crippen LogP contribution in [0.5, 0.6) is 5.75 Å². The number of amides is 1. The molecular weight excluding hydrogens is 434 g/mol. The summed E-state index contributed by atoms with van der Waals surface area (Å²) in [6.07, 6.45) is 5.02. The van der Waals surface area contributed by atoms with Crippen LogP contribution in [-0.2, 0) is 11.3 Å². The van der Waals surface area contributed by atoms with Crippen molar-refractivity contribution < 1.29 is 13.9 Å². The van der Waals surface area contributed by atoms with E-state index in [1.54, 1.807) is 42.7 Å². The fourth-order valence-corrected chi connectivity index (χ4v) is 3.89.